The number of carbonyl (C=O) groups excluding carboxylic acids is 1. The molecule has 0 aromatic carbocycles. The molecule has 1 aromatic heterocycles. The van der Waals surface area contributed by atoms with Crippen molar-refractivity contribution < 1.29 is 20.5 Å². The molecule has 1 aliphatic heterocycles. The van der Waals surface area contributed by atoms with Gasteiger partial charge in [0.15, 0.2) is 0 Å². The molecule has 0 aliphatic carbocycles. The van der Waals surface area contributed by atoms with Gasteiger partial charge < -0.3 is 14.5 Å². The molecule has 1 saturated heterocycles. The highest BCUT2D eigenvalue weighted by Crippen LogP contribution is 2.20. The minimum absolute atomic E-state index is 0.146. The fourth-order valence-electron chi connectivity index (χ4n) is 1.31. The van der Waals surface area contributed by atoms with Crippen LogP contribution in [0, 0.1) is 0 Å². The van der Waals surface area contributed by atoms with Crippen LogP contribution in [0.15, 0.2) is 22.9 Å². The maximum Gasteiger partial charge on any atom is 0.410 e. The van der Waals surface area contributed by atoms with Crippen molar-refractivity contribution >= 4 is 27.7 Å². The molecule has 0 saturated carbocycles. The van der Waals surface area contributed by atoms with Gasteiger partial charge in [0.05, 0.1) is 22.9 Å². The summed E-state index contributed by atoms with van der Waals surface area (Å²) in [5.41, 5.74) is -1.34. The van der Waals surface area contributed by atoms with Crippen molar-refractivity contribution in [3.63, 3.8) is 0 Å². The summed E-state index contributed by atoms with van der Waals surface area (Å²) in [5, 5.41) is 0. The lowest BCUT2D eigenvalue weighted by molar-refractivity contribution is 0.0240. The van der Waals surface area contributed by atoms with Gasteiger partial charge >= 0.3 is 6.09 Å². The van der Waals surface area contributed by atoms with Crippen LogP contribution in [0.5, 0.6) is 0 Å². The summed E-state index contributed by atoms with van der Waals surface area (Å²) in [7, 11) is 0. The molecular weight excluding hydrogens is 322 g/mol. The summed E-state index contributed by atoms with van der Waals surface area (Å²) in [6.07, 6.45) is 0.923. The summed E-state index contributed by atoms with van der Waals surface area (Å²) in [6, 6.07) is 1.28. The van der Waals surface area contributed by atoms with E-state index in [1.807, 2.05) is 0 Å². The third-order valence-corrected chi connectivity index (χ3v) is 2.51. The van der Waals surface area contributed by atoms with E-state index in [1.165, 1.54) is 33.0 Å². The van der Waals surface area contributed by atoms with Gasteiger partial charge in [-0.2, -0.15) is 0 Å². The van der Waals surface area contributed by atoms with Gasteiger partial charge in [-0.25, -0.2) is 4.79 Å². The number of aromatic nitrogens is 1. The van der Waals surface area contributed by atoms with E-state index in [9.17, 15) is 4.79 Å². The predicted octanol–water partition coefficient (Wildman–Crippen LogP) is 2.90. The molecule has 1 fully saturated rings. The Bertz CT molecular complexity index is 756. The number of anilines is 1. The van der Waals surface area contributed by atoms with Crippen LogP contribution in [0.2, 0.25) is 0 Å². The first-order valence-corrected chi connectivity index (χ1v) is 6.61. The number of hydrogen-bond acceptors (Lipinski definition) is 4. The zero-order valence-electron chi connectivity index (χ0n) is 19.3. The number of carbonyl (C=O) groups is 1. The maximum absolute atomic E-state index is 12.6. The van der Waals surface area contributed by atoms with Crippen LogP contribution in [-0.4, -0.2) is 47.6 Å². The molecule has 5 nitrogen and oxygen atoms in total. The van der Waals surface area contributed by atoms with Crippen molar-refractivity contribution in [3.8, 4) is 0 Å². The smallest absolute Gasteiger partial charge is 0.410 e. The molecule has 0 spiro atoms. The van der Waals surface area contributed by atoms with E-state index in [2.05, 4.69) is 20.9 Å². The minimum atomic E-state index is -3.30. The van der Waals surface area contributed by atoms with Crippen LogP contribution in [0.1, 0.15) is 31.7 Å². The van der Waals surface area contributed by atoms with Gasteiger partial charge in [-0.1, -0.05) is 0 Å². The van der Waals surface area contributed by atoms with E-state index in [0.717, 1.165) is 6.20 Å². The van der Waals surface area contributed by atoms with E-state index < -0.39 is 37.7 Å². The lowest BCUT2D eigenvalue weighted by Gasteiger charge is -2.36. The summed E-state index contributed by atoms with van der Waals surface area (Å²) in [6.45, 7) is -8.53. The van der Waals surface area contributed by atoms with Gasteiger partial charge in [0, 0.05) is 36.7 Å². The van der Waals surface area contributed by atoms with E-state index in [4.69, 9.17) is 15.7 Å². The standard InChI is InChI=1S/C14H20BrN3O2/c1-14(2,3)20-13(19)18-6-4-17(5-7-18)12-8-11(15)9-16-10-12/h8-10H,4-7H2,1-3H3/i4D2,5D2,6D2,7D2. The summed E-state index contributed by atoms with van der Waals surface area (Å²) >= 11 is 3.12. The van der Waals surface area contributed by atoms with E-state index in [-0.39, 0.29) is 10.6 Å². The molecule has 1 aromatic rings. The Kier molecular flexibility index (Phi) is 2.29. The highest BCUT2D eigenvalue weighted by molar-refractivity contribution is 9.10. The second kappa shape index (κ2) is 5.99. The van der Waals surface area contributed by atoms with E-state index >= 15 is 0 Å². The third kappa shape index (κ3) is 4.10. The molecule has 2 rings (SSSR count). The van der Waals surface area contributed by atoms with Gasteiger partial charge in [0.1, 0.15) is 5.60 Å². The Balaban J connectivity index is 2.71. The molecule has 110 valence electrons. The second-order valence-corrected chi connectivity index (χ2v) is 5.88. The highest BCUT2D eigenvalue weighted by Gasteiger charge is 2.25. The first-order valence-electron chi connectivity index (χ1n) is 9.81. The SMILES string of the molecule is [2H]C1([2H])N(C(=O)OC(C)(C)C)C([2H])([2H])C([2H])([2H])N(c2cncc(Br)c2)C1([2H])[2H]. The number of nitrogens with zero attached hydrogens (tertiary/aromatic N) is 3. The Morgan fingerprint density at radius 3 is 2.55 bits per heavy atom. The molecule has 0 N–H and O–H groups in total. The number of amides is 1. The zero-order valence-corrected chi connectivity index (χ0v) is 12.9. The molecule has 0 atom stereocenters. The monoisotopic (exact) mass is 349 g/mol. The Morgan fingerprint density at radius 2 is 2.00 bits per heavy atom. The second-order valence-electron chi connectivity index (χ2n) is 4.96. The number of halogens is 1. The van der Waals surface area contributed by atoms with Crippen molar-refractivity contribution in [1.82, 2.24) is 9.88 Å². The lowest BCUT2D eigenvalue weighted by Crippen LogP contribution is -2.50. The summed E-state index contributed by atoms with van der Waals surface area (Å²) in [5.74, 6) is 0. The minimum Gasteiger partial charge on any atom is -0.444 e. The van der Waals surface area contributed by atoms with Gasteiger partial charge in [-0.05, 0) is 42.8 Å². The van der Waals surface area contributed by atoms with Crippen molar-refractivity contribution in [3.05, 3.63) is 22.9 Å². The topological polar surface area (TPSA) is 45.7 Å². The van der Waals surface area contributed by atoms with Crippen LogP contribution in [0.4, 0.5) is 10.5 Å². The number of pyridine rings is 1. The molecule has 2 heterocycles. The maximum atomic E-state index is 12.6. The van der Waals surface area contributed by atoms with Crippen LogP contribution in [0.3, 0.4) is 0 Å². The fraction of sp³-hybridized carbons (Fsp3) is 0.571. The van der Waals surface area contributed by atoms with Crippen LogP contribution >= 0.6 is 15.9 Å². The van der Waals surface area contributed by atoms with Gasteiger partial charge in [0.25, 0.3) is 0 Å². The first-order chi connectivity index (χ1) is 12.4. The molecule has 20 heavy (non-hydrogen) atoms. The Labute approximate surface area is 139 Å². The highest BCUT2D eigenvalue weighted by atomic mass is 79.9. The average molecular weight is 350 g/mol. The van der Waals surface area contributed by atoms with Crippen molar-refractivity contribution in [1.29, 1.82) is 0 Å². The quantitative estimate of drug-likeness (QED) is 0.781. The largest absolute Gasteiger partial charge is 0.444 e. The zero-order chi connectivity index (χ0) is 21.9. The first kappa shape index (κ1) is 7.64. The average Bonchev–Trinajstić information content (AvgIpc) is 2.42. The van der Waals surface area contributed by atoms with Gasteiger partial charge in [-0.15, -0.1) is 0 Å². The fourth-order valence-corrected chi connectivity index (χ4v) is 1.66. The van der Waals surface area contributed by atoms with Crippen LogP contribution in [-0.2, 0) is 4.74 Å². The van der Waals surface area contributed by atoms with Crippen molar-refractivity contribution in [2.75, 3.05) is 30.9 Å². The number of ether oxygens (including phenoxy) is 1. The van der Waals surface area contributed by atoms with Crippen molar-refractivity contribution in [2.24, 2.45) is 0 Å². The predicted molar refractivity (Wildman–Crippen MR) is 82.0 cm³/mol. The molecule has 0 unspecified atom stereocenters. The summed E-state index contributed by atoms with van der Waals surface area (Å²) < 4.78 is 71.5. The normalized spacial score (nSPS) is 32.2. The molecule has 6 heteroatoms. The van der Waals surface area contributed by atoms with Gasteiger partial charge in [-0.3, -0.25) is 4.98 Å². The molecule has 0 bridgehead atoms. The lowest BCUT2D eigenvalue weighted by atomic mass is 10.2. The van der Waals surface area contributed by atoms with Crippen LogP contribution in [0.25, 0.3) is 0 Å². The van der Waals surface area contributed by atoms with Crippen LogP contribution < -0.4 is 4.90 Å². The van der Waals surface area contributed by atoms with Gasteiger partial charge in [0.2, 0.25) is 0 Å². The number of rotatable bonds is 1. The molecule has 1 aliphatic rings. The van der Waals surface area contributed by atoms with E-state index in [1.54, 1.807) is 0 Å². The number of hydrogen-bond donors (Lipinski definition) is 0. The molecular formula is C14H20BrN3O2. The van der Waals surface area contributed by atoms with Crippen molar-refractivity contribution in [2.45, 2.75) is 26.4 Å². The number of piperazine rings is 1. The summed E-state index contributed by atoms with van der Waals surface area (Å²) in [4.78, 5) is 16.6. The molecule has 1 amide bonds. The third-order valence-electron chi connectivity index (χ3n) is 2.07. The van der Waals surface area contributed by atoms with E-state index in [0.29, 0.717) is 9.37 Å². The molecule has 0 radical (unpaired) electrons. The Hall–Kier alpha value is -1.30. The Morgan fingerprint density at radius 1 is 1.35 bits per heavy atom.